The molecule has 2 aliphatic heterocycles. The molecule has 0 atom stereocenters. The summed E-state index contributed by atoms with van der Waals surface area (Å²) < 4.78 is 0. The molecule has 1 saturated heterocycles. The van der Waals surface area contributed by atoms with E-state index >= 15 is 0 Å². The summed E-state index contributed by atoms with van der Waals surface area (Å²) in [7, 11) is 5.88. The van der Waals surface area contributed by atoms with Crippen LogP contribution in [0.2, 0.25) is 0 Å². The van der Waals surface area contributed by atoms with Gasteiger partial charge in [0.25, 0.3) is 0 Å². The summed E-state index contributed by atoms with van der Waals surface area (Å²) >= 11 is 0. The highest BCUT2D eigenvalue weighted by molar-refractivity contribution is 9.09. The smallest absolute Gasteiger partial charge is 0.0486 e. The maximum absolute atomic E-state index is 2.43. The third-order valence-corrected chi connectivity index (χ3v) is 6.29. The maximum Gasteiger partial charge on any atom is 0.0486 e. The zero-order valence-corrected chi connectivity index (χ0v) is 9.13. The van der Waals surface area contributed by atoms with Gasteiger partial charge in [-0.1, -0.05) is 33.7 Å². The first-order valence-corrected chi connectivity index (χ1v) is 7.79. The molecule has 0 aromatic heterocycles. The molecule has 0 spiro atoms. The summed E-state index contributed by atoms with van der Waals surface area (Å²) in [6.07, 6.45) is 8.67. The number of hydrogen-bond donors (Lipinski definition) is 0. The van der Waals surface area contributed by atoms with E-state index < -0.39 is 0 Å². The zero-order chi connectivity index (χ0) is 8.23. The van der Waals surface area contributed by atoms with Crippen molar-refractivity contribution in [1.82, 2.24) is 4.90 Å². The molecular weight excluding hydrogens is 206 g/mol. The van der Waals surface area contributed by atoms with Gasteiger partial charge in [-0.3, -0.25) is 0 Å². The lowest BCUT2D eigenvalue weighted by Gasteiger charge is -2.32. The summed E-state index contributed by atoms with van der Waals surface area (Å²) in [5.41, 5.74) is 0. The molecule has 0 aromatic rings. The molecule has 0 aromatic carbocycles. The number of rotatable bonds is 1. The van der Waals surface area contributed by atoms with Crippen LogP contribution in [0, 0.1) is 0 Å². The Hall–Kier alpha value is 0.330. The van der Waals surface area contributed by atoms with Gasteiger partial charge in [0.2, 0.25) is 0 Å². The van der Waals surface area contributed by atoms with Crippen molar-refractivity contribution in [2.75, 3.05) is 18.1 Å². The fraction of sp³-hybridized carbons (Fsp3) is 0.500. The molecule has 2 rings (SSSR count). The van der Waals surface area contributed by atoms with E-state index in [2.05, 4.69) is 29.3 Å². The van der Waals surface area contributed by atoms with Gasteiger partial charge in [0.1, 0.15) is 0 Å². The minimum atomic E-state index is 0.738. The van der Waals surface area contributed by atoms with Gasteiger partial charge in [0.15, 0.2) is 0 Å². The van der Waals surface area contributed by atoms with Crippen molar-refractivity contribution >= 4 is 31.4 Å². The van der Waals surface area contributed by atoms with Crippen molar-refractivity contribution in [1.29, 1.82) is 0 Å². The maximum atomic E-state index is 2.43. The second-order valence-corrected chi connectivity index (χ2v) is 7.08. The summed E-state index contributed by atoms with van der Waals surface area (Å²) in [6.45, 7) is 1.09. The Bertz CT molecular complexity index is 196. The van der Waals surface area contributed by atoms with Crippen LogP contribution in [0.25, 0.3) is 0 Å². The van der Waals surface area contributed by atoms with Crippen LogP contribution in [-0.4, -0.2) is 29.0 Å². The van der Waals surface area contributed by atoms with Gasteiger partial charge >= 0.3 is 0 Å². The van der Waals surface area contributed by atoms with Crippen LogP contribution >= 0.6 is 31.4 Å². The lowest BCUT2D eigenvalue weighted by Crippen LogP contribution is -2.36. The van der Waals surface area contributed by atoms with Crippen molar-refractivity contribution in [3.05, 3.63) is 24.4 Å². The minimum absolute atomic E-state index is 0.738. The largest absolute Gasteiger partial charge is 0.369 e. The topological polar surface area (TPSA) is 3.24 Å². The molecule has 2 heterocycles. The molecule has 4 heteroatoms. The van der Waals surface area contributed by atoms with Crippen LogP contribution in [-0.2, 0) is 0 Å². The van der Waals surface area contributed by atoms with Gasteiger partial charge < -0.3 is 4.90 Å². The minimum Gasteiger partial charge on any atom is -0.369 e. The Balaban J connectivity index is 1.90. The monoisotopic (exact) mass is 217 g/mol. The van der Waals surface area contributed by atoms with Gasteiger partial charge in [0, 0.05) is 24.1 Å². The van der Waals surface area contributed by atoms with E-state index in [0.717, 1.165) is 12.6 Å². The number of allylic oxidation sites excluding steroid dienone is 2. The molecule has 0 unspecified atom stereocenters. The summed E-state index contributed by atoms with van der Waals surface area (Å²) in [4.78, 5) is 2.43. The quantitative estimate of drug-likeness (QED) is 0.621. The third-order valence-electron chi connectivity index (χ3n) is 1.93. The van der Waals surface area contributed by atoms with Crippen molar-refractivity contribution < 1.29 is 0 Å². The van der Waals surface area contributed by atoms with E-state index in [0.29, 0.717) is 0 Å². The van der Waals surface area contributed by atoms with Crippen molar-refractivity contribution in [3.63, 3.8) is 0 Å². The molecule has 0 amide bonds. The average Bonchev–Trinajstić information content (AvgIpc) is 2.21. The Morgan fingerprint density at radius 1 is 1.17 bits per heavy atom. The van der Waals surface area contributed by atoms with Gasteiger partial charge in [-0.2, -0.15) is 0 Å². The van der Waals surface area contributed by atoms with E-state index in [9.17, 15) is 0 Å². The van der Waals surface area contributed by atoms with E-state index in [1.807, 2.05) is 31.4 Å². The van der Waals surface area contributed by atoms with Gasteiger partial charge in [-0.05, 0) is 22.1 Å². The lowest BCUT2D eigenvalue weighted by atomic mass is 10.3. The first kappa shape index (κ1) is 8.91. The normalized spacial score (nSPS) is 24.8. The lowest BCUT2D eigenvalue weighted by molar-refractivity contribution is 0.349. The molecule has 12 heavy (non-hydrogen) atoms. The predicted octanol–water partition coefficient (Wildman–Crippen LogP) is 2.78. The van der Waals surface area contributed by atoms with E-state index in [1.165, 1.54) is 11.5 Å². The van der Waals surface area contributed by atoms with Crippen LogP contribution in [0.15, 0.2) is 24.4 Å². The third kappa shape index (κ3) is 2.18. The van der Waals surface area contributed by atoms with Crippen molar-refractivity contribution in [2.45, 2.75) is 6.04 Å². The molecule has 1 fully saturated rings. The van der Waals surface area contributed by atoms with Gasteiger partial charge in [0.05, 0.1) is 0 Å². The summed E-state index contributed by atoms with van der Waals surface area (Å²) in [5, 5.41) is 0. The first-order valence-electron chi connectivity index (χ1n) is 3.97. The molecule has 0 N–H and O–H groups in total. The zero-order valence-electron chi connectivity index (χ0n) is 6.68. The molecule has 0 saturated carbocycles. The van der Waals surface area contributed by atoms with E-state index in [1.54, 1.807) is 0 Å². The number of hydrogen-bond acceptors (Lipinski definition) is 4. The molecule has 2 aliphatic rings. The summed E-state index contributed by atoms with van der Waals surface area (Å²) in [6, 6.07) is 0.738. The first-order chi connectivity index (χ1) is 5.97. The Labute approximate surface area is 84.8 Å². The summed E-state index contributed by atoms with van der Waals surface area (Å²) in [5.74, 6) is 2.52. The van der Waals surface area contributed by atoms with Crippen LogP contribution in [0.5, 0.6) is 0 Å². The molecular formula is C8H11NS3. The SMILES string of the molecule is C1=CCN(C2CSSSC2)C=C1. The van der Waals surface area contributed by atoms with E-state index in [-0.39, 0.29) is 0 Å². The highest BCUT2D eigenvalue weighted by Crippen LogP contribution is 2.41. The molecule has 0 aliphatic carbocycles. The Morgan fingerprint density at radius 3 is 2.67 bits per heavy atom. The second kappa shape index (κ2) is 4.53. The Morgan fingerprint density at radius 2 is 2.00 bits per heavy atom. The molecule has 0 bridgehead atoms. The Kier molecular flexibility index (Phi) is 3.37. The average molecular weight is 217 g/mol. The standard InChI is InChI=1S/C8H11NS3/c1-2-4-9(5-3-1)8-6-10-12-11-7-8/h1-4,8H,5-7H2. The van der Waals surface area contributed by atoms with Crippen LogP contribution in [0.1, 0.15) is 0 Å². The fourth-order valence-corrected chi connectivity index (χ4v) is 5.59. The van der Waals surface area contributed by atoms with E-state index in [4.69, 9.17) is 0 Å². The van der Waals surface area contributed by atoms with Gasteiger partial charge in [-0.15, -0.1) is 0 Å². The molecule has 66 valence electrons. The second-order valence-electron chi connectivity index (χ2n) is 2.76. The van der Waals surface area contributed by atoms with Crippen LogP contribution in [0.3, 0.4) is 0 Å². The fourth-order valence-electron chi connectivity index (χ4n) is 1.24. The predicted molar refractivity (Wildman–Crippen MR) is 61.3 cm³/mol. The van der Waals surface area contributed by atoms with Crippen molar-refractivity contribution in [2.24, 2.45) is 0 Å². The van der Waals surface area contributed by atoms with Crippen LogP contribution in [0.4, 0.5) is 0 Å². The van der Waals surface area contributed by atoms with Crippen LogP contribution < -0.4 is 0 Å². The van der Waals surface area contributed by atoms with Crippen molar-refractivity contribution in [3.8, 4) is 0 Å². The highest BCUT2D eigenvalue weighted by Gasteiger charge is 2.19. The van der Waals surface area contributed by atoms with Gasteiger partial charge in [-0.25, -0.2) is 0 Å². The number of nitrogens with zero attached hydrogens (tertiary/aromatic N) is 1. The molecule has 1 nitrogen and oxygen atoms in total. The molecule has 0 radical (unpaired) electrons. The highest BCUT2D eigenvalue weighted by atomic mass is 33.5.